The lowest BCUT2D eigenvalue weighted by atomic mass is 10.3. The molecule has 0 atom stereocenters. The largest absolute Gasteiger partial charge is 0.484 e. The van der Waals surface area contributed by atoms with Crippen molar-refractivity contribution in [2.75, 3.05) is 0 Å². The molecule has 0 amide bonds. The van der Waals surface area contributed by atoms with Gasteiger partial charge in [-0.25, -0.2) is 8.42 Å². The molecule has 0 aliphatic carbocycles. The quantitative estimate of drug-likeness (QED) is 0.741. The molecule has 0 saturated heterocycles. The number of hydrogen-bond acceptors (Lipinski definition) is 6. The average Bonchev–Trinajstić information content (AvgIpc) is 2.84. The monoisotopic (exact) mass is 380 g/mol. The number of hydrogen-bond donors (Lipinski definition) is 0. The first-order valence-electron chi connectivity index (χ1n) is 5.58. The third-order valence-corrected chi connectivity index (χ3v) is 4.17. The molecule has 6 nitrogen and oxygen atoms in total. The maximum Gasteiger partial charge on any atom is 0.265 e. The first-order chi connectivity index (χ1) is 9.40. The van der Waals surface area contributed by atoms with Gasteiger partial charge < -0.3 is 9.26 Å². The van der Waals surface area contributed by atoms with Gasteiger partial charge in [-0.15, -0.1) is 0 Å². The van der Waals surface area contributed by atoms with Crippen LogP contribution in [0, 0.1) is 0 Å². The highest BCUT2D eigenvalue weighted by Crippen LogP contribution is 2.30. The first-order valence-corrected chi connectivity index (χ1v) is 8.69. The van der Waals surface area contributed by atoms with Crippen LogP contribution in [0.4, 0.5) is 0 Å². The van der Waals surface area contributed by atoms with Crippen molar-refractivity contribution in [3.63, 3.8) is 0 Å². The minimum absolute atomic E-state index is 0.00938. The highest BCUT2D eigenvalue weighted by atomic mass is 79.9. The molecule has 108 valence electrons. The third-order valence-electron chi connectivity index (χ3n) is 2.34. The van der Waals surface area contributed by atoms with Gasteiger partial charge in [0.1, 0.15) is 10.6 Å². The second kappa shape index (κ2) is 6.11. The third kappa shape index (κ3) is 3.71. The van der Waals surface area contributed by atoms with Gasteiger partial charge >= 0.3 is 0 Å². The molecule has 0 spiro atoms. The van der Waals surface area contributed by atoms with E-state index in [1.165, 1.54) is 12.1 Å². The Kier molecular flexibility index (Phi) is 4.66. The number of aryl methyl sites for hydroxylation is 1. The Morgan fingerprint density at radius 2 is 2.20 bits per heavy atom. The Labute approximate surface area is 128 Å². The smallest absolute Gasteiger partial charge is 0.265 e. The van der Waals surface area contributed by atoms with Gasteiger partial charge in [0.25, 0.3) is 9.05 Å². The molecule has 1 aromatic heterocycles. The SMILES string of the molecule is CCc1nc(COc2ccc(Br)cc2S(=O)(=O)Cl)no1. The molecular weight excluding hydrogens is 372 g/mol. The summed E-state index contributed by atoms with van der Waals surface area (Å²) in [5.74, 6) is 0.957. The van der Waals surface area contributed by atoms with E-state index in [4.69, 9.17) is 19.9 Å². The summed E-state index contributed by atoms with van der Waals surface area (Å²) in [6.45, 7) is 1.87. The van der Waals surface area contributed by atoms with Crippen LogP contribution in [0.15, 0.2) is 32.1 Å². The fourth-order valence-electron chi connectivity index (χ4n) is 1.43. The number of rotatable bonds is 5. The van der Waals surface area contributed by atoms with E-state index in [9.17, 15) is 8.42 Å². The second-order valence-corrected chi connectivity index (χ2v) is 7.23. The van der Waals surface area contributed by atoms with Gasteiger partial charge in [-0.1, -0.05) is 28.0 Å². The summed E-state index contributed by atoms with van der Waals surface area (Å²) >= 11 is 3.18. The minimum Gasteiger partial charge on any atom is -0.484 e. The number of nitrogens with zero attached hydrogens (tertiary/aromatic N) is 2. The standard InChI is InChI=1S/C11H10BrClN2O4S/c1-2-11-14-10(15-19-11)6-18-8-4-3-7(12)5-9(8)20(13,16)17/h3-5H,2,6H2,1H3. The van der Waals surface area contributed by atoms with Gasteiger partial charge in [-0.05, 0) is 18.2 Å². The van der Waals surface area contributed by atoms with Crippen molar-refractivity contribution in [2.24, 2.45) is 0 Å². The predicted octanol–water partition coefficient (Wildman–Crippen LogP) is 2.90. The van der Waals surface area contributed by atoms with Crippen molar-refractivity contribution in [2.45, 2.75) is 24.8 Å². The Hall–Kier alpha value is -1.12. The van der Waals surface area contributed by atoms with Crippen LogP contribution < -0.4 is 4.74 Å². The molecule has 2 aromatic rings. The van der Waals surface area contributed by atoms with E-state index >= 15 is 0 Å². The average molecular weight is 382 g/mol. The van der Waals surface area contributed by atoms with Gasteiger partial charge in [0.15, 0.2) is 6.61 Å². The van der Waals surface area contributed by atoms with E-state index in [1.807, 2.05) is 6.92 Å². The van der Waals surface area contributed by atoms with Crippen LogP contribution in [0.5, 0.6) is 5.75 Å². The second-order valence-electron chi connectivity index (χ2n) is 3.78. The molecule has 0 fully saturated rings. The van der Waals surface area contributed by atoms with Gasteiger partial charge in [-0.3, -0.25) is 0 Å². The molecule has 20 heavy (non-hydrogen) atoms. The minimum atomic E-state index is -3.91. The van der Waals surface area contributed by atoms with Crippen molar-refractivity contribution in [3.05, 3.63) is 34.4 Å². The fraction of sp³-hybridized carbons (Fsp3) is 0.273. The summed E-state index contributed by atoms with van der Waals surface area (Å²) in [5, 5.41) is 3.71. The van der Waals surface area contributed by atoms with E-state index in [-0.39, 0.29) is 17.3 Å². The topological polar surface area (TPSA) is 82.3 Å². The summed E-state index contributed by atoms with van der Waals surface area (Å²) in [5.41, 5.74) is 0. The van der Waals surface area contributed by atoms with Crippen LogP contribution in [0.2, 0.25) is 0 Å². The fourth-order valence-corrected chi connectivity index (χ4v) is 2.94. The Balaban J connectivity index is 2.21. The number of ether oxygens (including phenoxy) is 1. The van der Waals surface area contributed by atoms with Crippen molar-refractivity contribution in [3.8, 4) is 5.75 Å². The van der Waals surface area contributed by atoms with Crippen LogP contribution in [0.1, 0.15) is 18.6 Å². The van der Waals surface area contributed by atoms with E-state index in [2.05, 4.69) is 26.1 Å². The van der Waals surface area contributed by atoms with E-state index in [0.29, 0.717) is 22.6 Å². The first kappa shape index (κ1) is 15.3. The Bertz CT molecular complexity index is 717. The van der Waals surface area contributed by atoms with Gasteiger partial charge in [0.05, 0.1) is 0 Å². The molecule has 0 unspecified atom stereocenters. The zero-order valence-electron chi connectivity index (χ0n) is 10.3. The predicted molar refractivity (Wildman–Crippen MR) is 75.2 cm³/mol. The number of halogens is 2. The van der Waals surface area contributed by atoms with Crippen LogP contribution in [-0.4, -0.2) is 18.6 Å². The van der Waals surface area contributed by atoms with Crippen LogP contribution in [0.25, 0.3) is 0 Å². The highest BCUT2D eigenvalue weighted by molar-refractivity contribution is 9.10. The molecule has 0 saturated carbocycles. The van der Waals surface area contributed by atoms with E-state index in [0.717, 1.165) is 0 Å². The van der Waals surface area contributed by atoms with Crippen LogP contribution in [-0.2, 0) is 22.1 Å². The molecule has 0 N–H and O–H groups in total. The molecule has 0 aliphatic heterocycles. The summed E-state index contributed by atoms with van der Waals surface area (Å²) in [4.78, 5) is 3.94. The molecule has 2 rings (SSSR count). The number of benzene rings is 1. The Morgan fingerprint density at radius 3 is 2.80 bits per heavy atom. The molecule has 9 heteroatoms. The maximum absolute atomic E-state index is 11.5. The molecule has 1 heterocycles. The van der Waals surface area contributed by atoms with Gasteiger partial charge in [0.2, 0.25) is 11.7 Å². The van der Waals surface area contributed by atoms with E-state index in [1.54, 1.807) is 6.07 Å². The molecule has 0 radical (unpaired) electrons. The molecular formula is C11H10BrClN2O4S. The van der Waals surface area contributed by atoms with Gasteiger partial charge in [0, 0.05) is 21.6 Å². The number of aromatic nitrogens is 2. The summed E-state index contributed by atoms with van der Waals surface area (Å²) in [6.07, 6.45) is 0.618. The van der Waals surface area contributed by atoms with Gasteiger partial charge in [-0.2, -0.15) is 4.98 Å². The van der Waals surface area contributed by atoms with Crippen molar-refractivity contribution < 1.29 is 17.7 Å². The van der Waals surface area contributed by atoms with E-state index < -0.39 is 9.05 Å². The lowest BCUT2D eigenvalue weighted by Crippen LogP contribution is -2.02. The molecule has 0 aliphatic rings. The zero-order chi connectivity index (χ0) is 14.8. The van der Waals surface area contributed by atoms with Crippen molar-refractivity contribution in [1.82, 2.24) is 10.1 Å². The molecule has 0 bridgehead atoms. The Morgan fingerprint density at radius 1 is 1.45 bits per heavy atom. The maximum atomic E-state index is 11.5. The lowest BCUT2D eigenvalue weighted by molar-refractivity contribution is 0.278. The van der Waals surface area contributed by atoms with Crippen LogP contribution in [0.3, 0.4) is 0 Å². The van der Waals surface area contributed by atoms with Crippen molar-refractivity contribution >= 4 is 35.7 Å². The summed E-state index contributed by atoms with van der Waals surface area (Å²) in [6, 6.07) is 4.51. The zero-order valence-corrected chi connectivity index (χ0v) is 13.5. The summed E-state index contributed by atoms with van der Waals surface area (Å²) in [7, 11) is 1.46. The molecule has 1 aromatic carbocycles. The summed E-state index contributed by atoms with van der Waals surface area (Å²) < 4.78 is 33.9. The highest BCUT2D eigenvalue weighted by Gasteiger charge is 2.18. The lowest BCUT2D eigenvalue weighted by Gasteiger charge is -2.08. The van der Waals surface area contributed by atoms with Crippen LogP contribution >= 0.6 is 26.6 Å². The van der Waals surface area contributed by atoms with Crippen molar-refractivity contribution in [1.29, 1.82) is 0 Å². The normalized spacial score (nSPS) is 11.6.